The van der Waals surface area contributed by atoms with Gasteiger partial charge in [-0.15, -0.1) is 0 Å². The molecule has 0 radical (unpaired) electrons. The van der Waals surface area contributed by atoms with Crippen molar-refractivity contribution >= 4 is 21.8 Å². The molecule has 0 spiro atoms. The van der Waals surface area contributed by atoms with Gasteiger partial charge in [-0.2, -0.15) is 0 Å². The van der Waals surface area contributed by atoms with Crippen molar-refractivity contribution < 1.29 is 9.94 Å². The van der Waals surface area contributed by atoms with Gasteiger partial charge in [0.25, 0.3) is 0 Å². The Balaban J connectivity index is 3.14. The van der Waals surface area contributed by atoms with Crippen LogP contribution in [0, 0.1) is 0 Å². The summed E-state index contributed by atoms with van der Waals surface area (Å²) in [5.41, 5.74) is 6.11. The summed E-state index contributed by atoms with van der Waals surface area (Å²) >= 11 is 3.31. The summed E-state index contributed by atoms with van der Waals surface area (Å²) in [6.07, 6.45) is 0.0384. The van der Waals surface area contributed by atoms with E-state index in [1.54, 1.807) is 12.1 Å². The van der Waals surface area contributed by atoms with Crippen molar-refractivity contribution in [2.45, 2.75) is 20.0 Å². The molecule has 0 fully saturated rings. The zero-order valence-corrected chi connectivity index (χ0v) is 10.2. The van der Waals surface area contributed by atoms with Gasteiger partial charge in [-0.25, -0.2) is 0 Å². The second-order valence-corrected chi connectivity index (χ2v) is 4.21. The molecular weight excluding hydrogens is 260 g/mol. The molecule has 0 aliphatic carbocycles. The standard InChI is InChI=1S/C10H13BrN2O2/c1-6(2)15-9-4-3-7(11)5-8(9)10(12)13-14/h3-6,14H,1-2H3,(H2,12,13). The monoisotopic (exact) mass is 272 g/mol. The van der Waals surface area contributed by atoms with E-state index in [2.05, 4.69) is 21.1 Å². The van der Waals surface area contributed by atoms with E-state index >= 15 is 0 Å². The molecule has 0 heterocycles. The normalized spacial score (nSPS) is 11.9. The van der Waals surface area contributed by atoms with Crippen LogP contribution in [0.3, 0.4) is 0 Å². The zero-order chi connectivity index (χ0) is 11.4. The zero-order valence-electron chi connectivity index (χ0n) is 8.57. The van der Waals surface area contributed by atoms with Gasteiger partial charge < -0.3 is 15.7 Å². The predicted molar refractivity (Wildman–Crippen MR) is 62.4 cm³/mol. The largest absolute Gasteiger partial charge is 0.490 e. The third-order valence-corrected chi connectivity index (χ3v) is 2.18. The second-order valence-electron chi connectivity index (χ2n) is 3.29. The third-order valence-electron chi connectivity index (χ3n) is 1.69. The highest BCUT2D eigenvalue weighted by atomic mass is 79.9. The quantitative estimate of drug-likeness (QED) is 0.384. The van der Waals surface area contributed by atoms with Crippen LogP contribution in [0.5, 0.6) is 5.75 Å². The minimum Gasteiger partial charge on any atom is -0.490 e. The van der Waals surface area contributed by atoms with Gasteiger partial charge in [0, 0.05) is 4.47 Å². The van der Waals surface area contributed by atoms with Gasteiger partial charge in [0.1, 0.15) is 5.75 Å². The van der Waals surface area contributed by atoms with E-state index in [-0.39, 0.29) is 11.9 Å². The molecule has 0 aliphatic rings. The Morgan fingerprint density at radius 3 is 2.73 bits per heavy atom. The molecule has 1 aromatic rings. The van der Waals surface area contributed by atoms with Crippen molar-refractivity contribution in [2.75, 3.05) is 0 Å². The van der Waals surface area contributed by atoms with Gasteiger partial charge in [-0.05, 0) is 32.0 Å². The Morgan fingerprint density at radius 1 is 1.53 bits per heavy atom. The number of benzene rings is 1. The molecule has 0 aliphatic heterocycles. The van der Waals surface area contributed by atoms with Crippen molar-refractivity contribution in [3.63, 3.8) is 0 Å². The lowest BCUT2D eigenvalue weighted by Gasteiger charge is -2.13. The number of nitrogens with two attached hydrogens (primary N) is 1. The molecule has 1 rings (SSSR count). The predicted octanol–water partition coefficient (Wildman–Crippen LogP) is 2.33. The van der Waals surface area contributed by atoms with E-state index in [0.717, 1.165) is 4.47 Å². The van der Waals surface area contributed by atoms with E-state index in [1.165, 1.54) is 0 Å². The van der Waals surface area contributed by atoms with E-state index < -0.39 is 0 Å². The first-order valence-corrected chi connectivity index (χ1v) is 5.28. The van der Waals surface area contributed by atoms with Gasteiger partial charge >= 0.3 is 0 Å². The van der Waals surface area contributed by atoms with Crippen LogP contribution in [0.1, 0.15) is 19.4 Å². The molecule has 0 saturated carbocycles. The Morgan fingerprint density at radius 2 is 2.20 bits per heavy atom. The van der Waals surface area contributed by atoms with Crippen molar-refractivity contribution in [2.24, 2.45) is 10.9 Å². The smallest absolute Gasteiger partial charge is 0.173 e. The molecule has 15 heavy (non-hydrogen) atoms. The average molecular weight is 273 g/mol. The highest BCUT2D eigenvalue weighted by Gasteiger charge is 2.10. The Hall–Kier alpha value is -1.23. The molecule has 3 N–H and O–H groups in total. The van der Waals surface area contributed by atoms with Crippen LogP contribution >= 0.6 is 15.9 Å². The maximum Gasteiger partial charge on any atom is 0.173 e. The molecule has 0 bridgehead atoms. The summed E-state index contributed by atoms with van der Waals surface area (Å²) in [4.78, 5) is 0. The lowest BCUT2D eigenvalue weighted by atomic mass is 10.2. The van der Waals surface area contributed by atoms with E-state index in [4.69, 9.17) is 15.7 Å². The number of oxime groups is 1. The minimum atomic E-state index is 0.0342. The van der Waals surface area contributed by atoms with E-state index in [1.807, 2.05) is 19.9 Å². The van der Waals surface area contributed by atoms with E-state index in [0.29, 0.717) is 11.3 Å². The van der Waals surface area contributed by atoms with Gasteiger partial charge in [-0.1, -0.05) is 21.1 Å². The first-order valence-electron chi connectivity index (χ1n) is 4.48. The number of ether oxygens (including phenoxy) is 1. The van der Waals surface area contributed by atoms with Crippen LogP contribution in [0.4, 0.5) is 0 Å². The van der Waals surface area contributed by atoms with Crippen LogP contribution in [0.2, 0.25) is 0 Å². The Kier molecular flexibility index (Phi) is 3.96. The summed E-state index contributed by atoms with van der Waals surface area (Å²) in [6.45, 7) is 3.83. The molecule has 0 unspecified atom stereocenters. The number of nitrogens with zero attached hydrogens (tertiary/aromatic N) is 1. The van der Waals surface area contributed by atoms with Crippen molar-refractivity contribution in [3.05, 3.63) is 28.2 Å². The number of halogens is 1. The minimum absolute atomic E-state index is 0.0342. The molecular formula is C10H13BrN2O2. The fraction of sp³-hybridized carbons (Fsp3) is 0.300. The SMILES string of the molecule is CC(C)Oc1ccc(Br)cc1/C(N)=N/O. The molecule has 4 nitrogen and oxygen atoms in total. The van der Waals surface area contributed by atoms with Crippen LogP contribution < -0.4 is 10.5 Å². The Bertz CT molecular complexity index is 378. The van der Waals surface area contributed by atoms with Crippen LogP contribution in [0.25, 0.3) is 0 Å². The van der Waals surface area contributed by atoms with Gasteiger partial charge in [-0.3, -0.25) is 0 Å². The fourth-order valence-corrected chi connectivity index (χ4v) is 1.47. The van der Waals surface area contributed by atoms with Gasteiger partial charge in [0.15, 0.2) is 5.84 Å². The van der Waals surface area contributed by atoms with Gasteiger partial charge in [0.2, 0.25) is 0 Å². The number of hydrogen-bond donors (Lipinski definition) is 2. The Labute approximate surface area is 96.9 Å². The number of amidine groups is 1. The molecule has 0 aromatic heterocycles. The third kappa shape index (κ3) is 3.13. The number of rotatable bonds is 3. The molecule has 1 aromatic carbocycles. The molecule has 5 heteroatoms. The summed E-state index contributed by atoms with van der Waals surface area (Å²) in [5.74, 6) is 0.635. The lowest BCUT2D eigenvalue weighted by Crippen LogP contribution is -2.16. The first kappa shape index (κ1) is 11.8. The summed E-state index contributed by atoms with van der Waals surface area (Å²) < 4.78 is 6.38. The summed E-state index contributed by atoms with van der Waals surface area (Å²) in [7, 11) is 0. The van der Waals surface area contributed by atoms with Crippen molar-refractivity contribution in [1.29, 1.82) is 0 Å². The molecule has 82 valence electrons. The maximum atomic E-state index is 8.63. The molecule has 0 saturated heterocycles. The number of hydrogen-bond acceptors (Lipinski definition) is 3. The fourth-order valence-electron chi connectivity index (χ4n) is 1.11. The van der Waals surface area contributed by atoms with Crippen molar-refractivity contribution in [1.82, 2.24) is 0 Å². The van der Waals surface area contributed by atoms with Crippen LogP contribution in [-0.2, 0) is 0 Å². The second kappa shape index (κ2) is 5.02. The summed E-state index contributed by atoms with van der Waals surface area (Å²) in [6, 6.07) is 5.36. The summed E-state index contributed by atoms with van der Waals surface area (Å²) in [5, 5.41) is 11.6. The first-order chi connectivity index (χ1) is 7.04. The highest BCUT2D eigenvalue weighted by Crippen LogP contribution is 2.23. The maximum absolute atomic E-state index is 8.63. The van der Waals surface area contributed by atoms with Crippen molar-refractivity contribution in [3.8, 4) is 5.75 Å². The highest BCUT2D eigenvalue weighted by molar-refractivity contribution is 9.10. The topological polar surface area (TPSA) is 67.8 Å². The van der Waals surface area contributed by atoms with Gasteiger partial charge in [0.05, 0.1) is 11.7 Å². The van der Waals surface area contributed by atoms with Crippen LogP contribution in [0.15, 0.2) is 27.8 Å². The molecule has 0 atom stereocenters. The van der Waals surface area contributed by atoms with E-state index in [9.17, 15) is 0 Å². The lowest BCUT2D eigenvalue weighted by molar-refractivity contribution is 0.241. The molecule has 0 amide bonds. The van der Waals surface area contributed by atoms with Crippen LogP contribution in [-0.4, -0.2) is 17.1 Å². The average Bonchev–Trinajstić information content (AvgIpc) is 2.19.